The van der Waals surface area contributed by atoms with E-state index in [0.29, 0.717) is 5.69 Å². The van der Waals surface area contributed by atoms with Gasteiger partial charge in [0, 0.05) is 17.2 Å². The number of nitrogens with two attached hydrogens (primary N) is 1. The van der Waals surface area contributed by atoms with Crippen molar-refractivity contribution < 1.29 is 8.42 Å². The molecule has 0 spiro atoms. The van der Waals surface area contributed by atoms with Crippen molar-refractivity contribution in [2.75, 3.05) is 19.8 Å². The zero-order valence-electron chi connectivity index (χ0n) is 11.7. The van der Waals surface area contributed by atoms with Crippen LogP contribution in [0, 0.1) is 0 Å². The van der Waals surface area contributed by atoms with Crippen LogP contribution in [0.3, 0.4) is 0 Å². The van der Waals surface area contributed by atoms with Crippen molar-refractivity contribution >= 4 is 31.6 Å². The Morgan fingerprint density at radius 3 is 2.19 bits per heavy atom. The third-order valence-corrected chi connectivity index (χ3v) is 5.62. The van der Waals surface area contributed by atoms with E-state index in [1.807, 2.05) is 12.1 Å². The summed E-state index contributed by atoms with van der Waals surface area (Å²) in [6, 6.07) is 12.3. The van der Waals surface area contributed by atoms with Crippen LogP contribution in [-0.4, -0.2) is 26.9 Å². The number of nitrogens with zero attached hydrogens (tertiary/aromatic N) is 1. The van der Waals surface area contributed by atoms with E-state index in [1.165, 1.54) is 7.05 Å². The van der Waals surface area contributed by atoms with Gasteiger partial charge in [0.15, 0.2) is 0 Å². The summed E-state index contributed by atoms with van der Waals surface area (Å²) in [5.74, 6) is 0. The summed E-state index contributed by atoms with van der Waals surface area (Å²) in [5.41, 5.74) is 10.9. The van der Waals surface area contributed by atoms with Gasteiger partial charge in [-0.25, -0.2) is 13.8 Å². The predicted octanol–water partition coefficient (Wildman–Crippen LogP) is 2.45. The number of anilines is 1. The van der Waals surface area contributed by atoms with Crippen LogP contribution in [0.25, 0.3) is 11.1 Å². The first-order valence-electron chi connectivity index (χ1n) is 6.18. The summed E-state index contributed by atoms with van der Waals surface area (Å²) in [5, 5.41) is 0. The maximum atomic E-state index is 12.1. The van der Waals surface area contributed by atoms with E-state index in [-0.39, 0.29) is 4.90 Å². The van der Waals surface area contributed by atoms with Gasteiger partial charge in [-0.15, -0.1) is 4.41 Å². The van der Waals surface area contributed by atoms with E-state index in [1.54, 1.807) is 37.4 Å². The molecule has 0 aromatic heterocycles. The summed E-state index contributed by atoms with van der Waals surface area (Å²) >= 11 is 3.38. The number of hydrazine groups is 1. The van der Waals surface area contributed by atoms with Crippen LogP contribution in [0.4, 0.5) is 5.69 Å². The molecule has 0 unspecified atom stereocenters. The molecule has 0 saturated carbocycles. The Morgan fingerprint density at radius 2 is 1.67 bits per heavy atom. The Hall–Kier alpha value is -1.41. The SMILES string of the molecule is CNN(C)S(=O)(=O)c1ccc(-c2ccc(N)c(Br)c2)cc1. The molecule has 0 atom stereocenters. The van der Waals surface area contributed by atoms with Crippen LogP contribution in [-0.2, 0) is 10.0 Å². The Balaban J connectivity index is 2.37. The van der Waals surface area contributed by atoms with Crippen LogP contribution >= 0.6 is 15.9 Å². The van der Waals surface area contributed by atoms with E-state index in [2.05, 4.69) is 21.4 Å². The van der Waals surface area contributed by atoms with Gasteiger partial charge in [0.1, 0.15) is 0 Å². The molecule has 0 aliphatic rings. The first-order valence-corrected chi connectivity index (χ1v) is 8.41. The fourth-order valence-corrected chi connectivity index (χ4v) is 3.22. The summed E-state index contributed by atoms with van der Waals surface area (Å²) in [6.07, 6.45) is 0. The van der Waals surface area contributed by atoms with E-state index in [0.717, 1.165) is 20.0 Å². The first kappa shape index (κ1) is 16.0. The summed E-state index contributed by atoms with van der Waals surface area (Å²) in [7, 11) is -0.498. The fraction of sp³-hybridized carbons (Fsp3) is 0.143. The minimum atomic E-state index is -3.51. The molecule has 112 valence electrons. The first-order chi connectivity index (χ1) is 9.86. The molecule has 0 saturated heterocycles. The average Bonchev–Trinajstić information content (AvgIpc) is 2.49. The molecular formula is C14H16BrN3O2S. The molecule has 7 heteroatoms. The monoisotopic (exact) mass is 369 g/mol. The third kappa shape index (κ3) is 3.26. The second-order valence-corrected chi connectivity index (χ2v) is 7.28. The van der Waals surface area contributed by atoms with Crippen LogP contribution in [0.1, 0.15) is 0 Å². The number of sulfonamides is 1. The maximum Gasteiger partial charge on any atom is 0.255 e. The van der Waals surface area contributed by atoms with E-state index in [4.69, 9.17) is 5.73 Å². The van der Waals surface area contributed by atoms with Gasteiger partial charge in [0.25, 0.3) is 10.0 Å². The zero-order chi connectivity index (χ0) is 15.6. The molecule has 2 aromatic carbocycles. The third-order valence-electron chi connectivity index (χ3n) is 3.16. The molecule has 5 nitrogen and oxygen atoms in total. The number of hydrogen-bond acceptors (Lipinski definition) is 4. The summed E-state index contributed by atoms with van der Waals surface area (Å²) in [4.78, 5) is 0.234. The van der Waals surface area contributed by atoms with Gasteiger partial charge in [0.2, 0.25) is 0 Å². The van der Waals surface area contributed by atoms with Crippen LogP contribution in [0.2, 0.25) is 0 Å². The summed E-state index contributed by atoms with van der Waals surface area (Å²) < 4.78 is 26.2. The fourth-order valence-electron chi connectivity index (χ4n) is 1.80. The predicted molar refractivity (Wildman–Crippen MR) is 88.0 cm³/mol. The second-order valence-electron chi connectivity index (χ2n) is 4.46. The minimum absolute atomic E-state index is 0.234. The number of halogens is 1. The Morgan fingerprint density at radius 1 is 1.10 bits per heavy atom. The smallest absolute Gasteiger partial charge is 0.255 e. The highest BCUT2D eigenvalue weighted by atomic mass is 79.9. The lowest BCUT2D eigenvalue weighted by molar-refractivity contribution is 0.403. The molecule has 3 N–H and O–H groups in total. The highest BCUT2D eigenvalue weighted by molar-refractivity contribution is 9.10. The molecule has 0 amide bonds. The van der Waals surface area contributed by atoms with Crippen LogP contribution in [0.15, 0.2) is 51.8 Å². The molecule has 0 radical (unpaired) electrons. The average molecular weight is 370 g/mol. The molecule has 21 heavy (non-hydrogen) atoms. The molecule has 2 rings (SSSR count). The lowest BCUT2D eigenvalue weighted by atomic mass is 10.1. The van der Waals surface area contributed by atoms with Gasteiger partial charge in [-0.05, 0) is 58.4 Å². The van der Waals surface area contributed by atoms with Gasteiger partial charge < -0.3 is 5.73 Å². The number of hydrogen-bond donors (Lipinski definition) is 2. The van der Waals surface area contributed by atoms with Crippen molar-refractivity contribution in [1.29, 1.82) is 0 Å². The van der Waals surface area contributed by atoms with E-state index in [9.17, 15) is 8.42 Å². The van der Waals surface area contributed by atoms with Crippen molar-refractivity contribution in [2.24, 2.45) is 0 Å². The van der Waals surface area contributed by atoms with Gasteiger partial charge in [-0.2, -0.15) is 0 Å². The highest BCUT2D eigenvalue weighted by Gasteiger charge is 2.19. The van der Waals surface area contributed by atoms with Crippen LogP contribution < -0.4 is 11.2 Å². The van der Waals surface area contributed by atoms with Crippen molar-refractivity contribution in [3.8, 4) is 11.1 Å². The molecule has 0 heterocycles. The molecule has 0 aliphatic carbocycles. The topological polar surface area (TPSA) is 75.4 Å². The Bertz CT molecular complexity index is 745. The zero-order valence-corrected chi connectivity index (χ0v) is 14.1. The number of nitrogens with one attached hydrogen (secondary N) is 1. The van der Waals surface area contributed by atoms with Gasteiger partial charge in [-0.3, -0.25) is 0 Å². The van der Waals surface area contributed by atoms with Gasteiger partial charge in [-0.1, -0.05) is 18.2 Å². The Labute approximate surface area is 132 Å². The number of benzene rings is 2. The van der Waals surface area contributed by atoms with Crippen LogP contribution in [0.5, 0.6) is 0 Å². The van der Waals surface area contributed by atoms with E-state index >= 15 is 0 Å². The van der Waals surface area contributed by atoms with Crippen molar-refractivity contribution in [3.63, 3.8) is 0 Å². The van der Waals surface area contributed by atoms with E-state index < -0.39 is 10.0 Å². The largest absolute Gasteiger partial charge is 0.398 e. The molecular weight excluding hydrogens is 354 g/mol. The second kappa shape index (κ2) is 6.15. The molecule has 0 fully saturated rings. The molecule has 2 aromatic rings. The standard InChI is InChI=1S/C14H16BrN3O2S/c1-17-18(2)21(19,20)12-6-3-10(4-7-12)11-5-8-14(16)13(15)9-11/h3-9,17H,16H2,1-2H3. The van der Waals surface area contributed by atoms with Crippen molar-refractivity contribution in [3.05, 3.63) is 46.9 Å². The lowest BCUT2D eigenvalue weighted by Gasteiger charge is -2.15. The maximum absolute atomic E-state index is 12.1. The quantitative estimate of drug-likeness (QED) is 0.641. The number of nitrogen functional groups attached to an aromatic ring is 1. The summed E-state index contributed by atoms with van der Waals surface area (Å²) in [6.45, 7) is 0. The normalized spacial score (nSPS) is 11.8. The molecule has 0 aliphatic heterocycles. The minimum Gasteiger partial charge on any atom is -0.398 e. The Kier molecular flexibility index (Phi) is 4.67. The molecule has 0 bridgehead atoms. The lowest BCUT2D eigenvalue weighted by Crippen LogP contribution is -2.36. The van der Waals surface area contributed by atoms with Gasteiger partial charge >= 0.3 is 0 Å². The van der Waals surface area contributed by atoms with Gasteiger partial charge in [0.05, 0.1) is 4.90 Å². The van der Waals surface area contributed by atoms with Crippen molar-refractivity contribution in [2.45, 2.75) is 4.90 Å². The van der Waals surface area contributed by atoms with Crippen molar-refractivity contribution in [1.82, 2.24) is 9.84 Å². The number of rotatable bonds is 4. The highest BCUT2D eigenvalue weighted by Crippen LogP contribution is 2.28.